The quantitative estimate of drug-likeness (QED) is 0.0140. The Morgan fingerprint density at radius 3 is 1.44 bits per heavy atom. The number of esters is 2. The fraction of sp³-hybridized carbons (Fsp3) is 0.660. The summed E-state index contributed by atoms with van der Waals surface area (Å²) in [7, 11) is -5.15. The SMILES string of the molecule is CCCCC/C=C\C/C=C\C/C=C\CCCCC(=O)OC[C@H](COP(=O)(O)OC1[C@H](O)[C@H](O)C(O)[C@H](O)[C@H]1O)OC(=O)CCC/C=C\C/C=C\C/C=C\C/C=C\CCCCCO. The molecule has 0 heterocycles. The van der Waals surface area contributed by atoms with Crippen molar-refractivity contribution in [2.75, 3.05) is 19.8 Å². The standard InChI is InChI=1S/C47H77O14P/c1-2-3-4-5-6-7-8-9-13-16-19-22-25-28-31-34-40(49)58-37-39(38-59-62(56,57)61-47-45(54)43(52)42(51)44(53)46(47)55)60-41(50)35-32-29-26-23-20-17-14-11-10-12-15-18-21-24-27-30-33-36-48/h6-7,9-10,12-14,17-19,21-23,26,39,42-48,51-55H,2-5,8,11,15-16,20,24-25,27-38H2,1H3,(H,56,57)/b7-6-,12-10-,13-9-,17-14-,21-18-,22-19-,26-23-/t39-,42?,43-,44+,45-,46-,47?/m1/s1. The van der Waals surface area contributed by atoms with E-state index < -0.39 is 75.7 Å². The third kappa shape index (κ3) is 29.4. The molecule has 1 aliphatic rings. The maximum Gasteiger partial charge on any atom is 0.472 e. The highest BCUT2D eigenvalue weighted by atomic mass is 31.2. The number of aliphatic hydroxyl groups is 6. The maximum atomic E-state index is 12.8. The molecule has 0 aromatic rings. The van der Waals surface area contributed by atoms with E-state index in [9.17, 15) is 44.6 Å². The lowest BCUT2D eigenvalue weighted by Gasteiger charge is -2.41. The normalized spacial score (nSPS) is 22.6. The molecule has 0 bridgehead atoms. The number of phosphoric ester groups is 1. The Kier molecular flexibility index (Phi) is 34.4. The van der Waals surface area contributed by atoms with Crippen molar-refractivity contribution in [3.63, 3.8) is 0 Å². The van der Waals surface area contributed by atoms with Crippen LogP contribution in [-0.4, -0.2) is 110 Å². The van der Waals surface area contributed by atoms with E-state index >= 15 is 0 Å². The van der Waals surface area contributed by atoms with Crippen LogP contribution in [-0.2, 0) is 32.7 Å². The third-order valence-corrected chi connectivity index (χ3v) is 10.7. The smallest absolute Gasteiger partial charge is 0.462 e. The molecule has 0 amide bonds. The molecule has 0 aliphatic heterocycles. The third-order valence-electron chi connectivity index (χ3n) is 9.76. The first-order chi connectivity index (χ1) is 29.9. The van der Waals surface area contributed by atoms with Crippen molar-refractivity contribution < 1.29 is 68.2 Å². The number of allylic oxidation sites excluding steroid dienone is 14. The molecule has 1 fully saturated rings. The number of ether oxygens (including phenoxy) is 2. The van der Waals surface area contributed by atoms with Crippen molar-refractivity contribution in [3.8, 4) is 0 Å². The molecule has 0 aromatic carbocycles. The van der Waals surface area contributed by atoms with Gasteiger partial charge in [0.25, 0.3) is 0 Å². The van der Waals surface area contributed by atoms with E-state index in [1.54, 1.807) is 0 Å². The summed E-state index contributed by atoms with van der Waals surface area (Å²) < 4.78 is 33.4. The van der Waals surface area contributed by atoms with Crippen molar-refractivity contribution in [1.29, 1.82) is 0 Å². The second-order valence-electron chi connectivity index (χ2n) is 15.3. The lowest BCUT2D eigenvalue weighted by atomic mass is 9.85. The lowest BCUT2D eigenvalue weighted by molar-refractivity contribution is -0.220. The molecule has 3 unspecified atom stereocenters. The van der Waals surface area contributed by atoms with E-state index in [1.807, 2.05) is 12.2 Å². The van der Waals surface area contributed by atoms with Gasteiger partial charge in [0.05, 0.1) is 6.61 Å². The number of unbranched alkanes of at least 4 members (excludes halogenated alkanes) is 9. The molecule has 0 radical (unpaired) electrons. The van der Waals surface area contributed by atoms with Crippen LogP contribution in [0.3, 0.4) is 0 Å². The van der Waals surface area contributed by atoms with Crippen molar-refractivity contribution in [2.24, 2.45) is 0 Å². The van der Waals surface area contributed by atoms with Gasteiger partial charge in [-0.25, -0.2) is 4.57 Å². The topological polar surface area (TPSA) is 230 Å². The average molecular weight is 897 g/mol. The van der Waals surface area contributed by atoms with Crippen LogP contribution in [0.5, 0.6) is 0 Å². The molecule has 0 spiro atoms. The summed E-state index contributed by atoms with van der Waals surface area (Å²) in [6.45, 7) is 1.18. The van der Waals surface area contributed by atoms with Gasteiger partial charge >= 0.3 is 19.8 Å². The van der Waals surface area contributed by atoms with Gasteiger partial charge in [0.2, 0.25) is 0 Å². The Labute approximate surface area is 370 Å². The summed E-state index contributed by atoms with van der Waals surface area (Å²) in [5.41, 5.74) is 0. The van der Waals surface area contributed by atoms with Crippen molar-refractivity contribution in [3.05, 3.63) is 85.1 Å². The lowest BCUT2D eigenvalue weighted by Crippen LogP contribution is -2.64. The van der Waals surface area contributed by atoms with Gasteiger partial charge in [0.15, 0.2) is 6.10 Å². The van der Waals surface area contributed by atoms with E-state index in [-0.39, 0.29) is 19.4 Å². The van der Waals surface area contributed by atoms with Gasteiger partial charge in [-0.05, 0) is 96.3 Å². The van der Waals surface area contributed by atoms with Gasteiger partial charge in [-0.1, -0.05) is 111 Å². The Balaban J connectivity index is 2.55. The van der Waals surface area contributed by atoms with Crippen LogP contribution in [0.25, 0.3) is 0 Å². The van der Waals surface area contributed by atoms with Crippen LogP contribution < -0.4 is 0 Å². The molecule has 1 rings (SSSR count). The molecule has 1 saturated carbocycles. The van der Waals surface area contributed by atoms with Gasteiger partial charge < -0.3 is 45.0 Å². The number of phosphoric acid groups is 1. The average Bonchev–Trinajstić information content (AvgIpc) is 3.25. The predicted molar refractivity (Wildman–Crippen MR) is 241 cm³/mol. The summed E-state index contributed by atoms with van der Waals surface area (Å²) >= 11 is 0. The Hall–Kier alpha value is -3.01. The van der Waals surface area contributed by atoms with E-state index in [0.717, 1.165) is 77.0 Å². The zero-order valence-electron chi connectivity index (χ0n) is 36.8. The summed E-state index contributed by atoms with van der Waals surface area (Å²) in [5, 5.41) is 58.9. The molecule has 0 saturated heterocycles. The number of hydrogen-bond donors (Lipinski definition) is 7. The van der Waals surface area contributed by atoms with Crippen LogP contribution in [0.15, 0.2) is 85.1 Å². The number of hydrogen-bond acceptors (Lipinski definition) is 13. The summed E-state index contributed by atoms with van der Waals surface area (Å²) in [6.07, 6.45) is 32.3. The van der Waals surface area contributed by atoms with Gasteiger partial charge in [-0.15, -0.1) is 0 Å². The van der Waals surface area contributed by atoms with Gasteiger partial charge in [0.1, 0.15) is 43.2 Å². The summed E-state index contributed by atoms with van der Waals surface area (Å²) in [5.74, 6) is -1.23. The second kappa shape index (κ2) is 37.4. The molecule has 7 N–H and O–H groups in total. The van der Waals surface area contributed by atoms with Crippen molar-refractivity contribution >= 4 is 19.8 Å². The largest absolute Gasteiger partial charge is 0.472 e. The van der Waals surface area contributed by atoms with Crippen LogP contribution in [0, 0.1) is 0 Å². The highest BCUT2D eigenvalue weighted by Gasteiger charge is 2.51. The Morgan fingerprint density at radius 2 is 0.952 bits per heavy atom. The van der Waals surface area contributed by atoms with Crippen LogP contribution in [0.1, 0.15) is 135 Å². The van der Waals surface area contributed by atoms with Gasteiger partial charge in [-0.3, -0.25) is 18.6 Å². The number of carbonyl (C=O) groups is 2. The van der Waals surface area contributed by atoms with E-state index in [0.29, 0.717) is 19.3 Å². The zero-order valence-corrected chi connectivity index (χ0v) is 37.7. The van der Waals surface area contributed by atoms with Gasteiger partial charge in [0, 0.05) is 19.4 Å². The maximum absolute atomic E-state index is 12.8. The fourth-order valence-electron chi connectivity index (χ4n) is 6.09. The van der Waals surface area contributed by atoms with E-state index in [1.165, 1.54) is 19.3 Å². The first kappa shape index (κ1) is 57.0. The van der Waals surface area contributed by atoms with E-state index in [4.69, 9.17) is 23.6 Å². The monoisotopic (exact) mass is 897 g/mol. The molecule has 15 heteroatoms. The minimum atomic E-state index is -5.15. The molecule has 14 nitrogen and oxygen atoms in total. The highest BCUT2D eigenvalue weighted by molar-refractivity contribution is 7.47. The van der Waals surface area contributed by atoms with Crippen molar-refractivity contribution in [1.82, 2.24) is 0 Å². The van der Waals surface area contributed by atoms with Crippen molar-refractivity contribution in [2.45, 2.75) is 178 Å². The first-order valence-corrected chi connectivity index (χ1v) is 24.0. The minimum absolute atomic E-state index is 0.00213. The molecular weight excluding hydrogens is 819 g/mol. The van der Waals surface area contributed by atoms with E-state index in [2.05, 4.69) is 79.8 Å². The first-order valence-electron chi connectivity index (χ1n) is 22.5. The minimum Gasteiger partial charge on any atom is -0.462 e. The number of rotatable bonds is 36. The zero-order chi connectivity index (χ0) is 45.7. The fourth-order valence-corrected chi connectivity index (χ4v) is 7.06. The Bertz CT molecular complexity index is 1410. The molecule has 8 atom stereocenters. The highest BCUT2D eigenvalue weighted by Crippen LogP contribution is 2.47. The molecule has 354 valence electrons. The molecular formula is C47H77O14P. The Morgan fingerprint density at radius 1 is 0.532 bits per heavy atom. The second-order valence-corrected chi connectivity index (χ2v) is 16.7. The summed E-state index contributed by atoms with van der Waals surface area (Å²) in [6, 6.07) is 0. The molecule has 0 aromatic heterocycles. The summed E-state index contributed by atoms with van der Waals surface area (Å²) in [4.78, 5) is 35.6. The number of aliphatic hydroxyl groups excluding tert-OH is 6. The predicted octanol–water partition coefficient (Wildman–Crippen LogP) is 7.47. The number of carbonyl (C=O) groups excluding carboxylic acids is 2. The van der Waals surface area contributed by atoms with Crippen LogP contribution in [0.4, 0.5) is 0 Å². The molecule has 62 heavy (non-hydrogen) atoms. The van der Waals surface area contributed by atoms with Crippen LogP contribution in [0.2, 0.25) is 0 Å². The van der Waals surface area contributed by atoms with Crippen LogP contribution >= 0.6 is 7.82 Å². The van der Waals surface area contributed by atoms with Gasteiger partial charge in [-0.2, -0.15) is 0 Å². The molecule has 1 aliphatic carbocycles.